The summed E-state index contributed by atoms with van der Waals surface area (Å²) in [6.45, 7) is 5.96. The molecule has 0 amide bonds. The van der Waals surface area contributed by atoms with Gasteiger partial charge >= 0.3 is 0 Å². The van der Waals surface area contributed by atoms with E-state index in [1.54, 1.807) is 0 Å². The minimum absolute atomic E-state index is 0.262. The first-order valence-electron chi connectivity index (χ1n) is 4.89. The van der Waals surface area contributed by atoms with Gasteiger partial charge in [0.15, 0.2) is 0 Å². The van der Waals surface area contributed by atoms with Gasteiger partial charge in [0.05, 0.1) is 11.8 Å². The summed E-state index contributed by atoms with van der Waals surface area (Å²) in [7, 11) is 0. The fraction of sp³-hybridized carbons (Fsp3) is 0.545. The lowest BCUT2D eigenvalue weighted by atomic mass is 10.1. The second-order valence-corrected chi connectivity index (χ2v) is 4.09. The number of nitriles is 1. The van der Waals surface area contributed by atoms with Crippen molar-refractivity contribution in [1.82, 2.24) is 9.97 Å². The third-order valence-corrected chi connectivity index (χ3v) is 2.38. The smallest absolute Gasteiger partial charge is 0.131 e. The van der Waals surface area contributed by atoms with Gasteiger partial charge < -0.3 is 0 Å². The summed E-state index contributed by atoms with van der Waals surface area (Å²) in [6, 6.07) is 3.96. The summed E-state index contributed by atoms with van der Waals surface area (Å²) in [5, 5.41) is 8.90. The molecule has 1 heterocycles. The van der Waals surface area contributed by atoms with Crippen molar-refractivity contribution >= 4 is 11.6 Å². The molecular formula is C11H14ClN3. The molecule has 0 aromatic carbocycles. The maximum atomic E-state index is 8.90. The molecule has 1 rings (SSSR count). The molecule has 1 unspecified atom stereocenters. The monoisotopic (exact) mass is 223 g/mol. The van der Waals surface area contributed by atoms with Crippen LogP contribution in [0.4, 0.5) is 0 Å². The number of aromatic nitrogens is 2. The molecule has 4 heteroatoms. The van der Waals surface area contributed by atoms with Gasteiger partial charge in [0.2, 0.25) is 0 Å². The lowest BCUT2D eigenvalue weighted by Crippen LogP contribution is -2.07. The molecule has 0 aliphatic heterocycles. The van der Waals surface area contributed by atoms with Crippen molar-refractivity contribution < 1.29 is 0 Å². The van der Waals surface area contributed by atoms with Crippen LogP contribution in [0.5, 0.6) is 0 Å². The lowest BCUT2D eigenvalue weighted by Gasteiger charge is -2.10. The van der Waals surface area contributed by atoms with Gasteiger partial charge in [-0.1, -0.05) is 13.8 Å². The summed E-state index contributed by atoms with van der Waals surface area (Å²) in [5.41, 5.74) is 1.61. The zero-order valence-electron chi connectivity index (χ0n) is 9.16. The van der Waals surface area contributed by atoms with Gasteiger partial charge in [0.1, 0.15) is 11.7 Å². The molecule has 0 fully saturated rings. The first-order valence-corrected chi connectivity index (χ1v) is 5.43. The van der Waals surface area contributed by atoms with Crippen LogP contribution in [0, 0.1) is 18.3 Å². The van der Waals surface area contributed by atoms with E-state index in [2.05, 4.69) is 16.0 Å². The fourth-order valence-corrected chi connectivity index (χ4v) is 1.46. The largest absolute Gasteiger partial charge is 0.238 e. The van der Waals surface area contributed by atoms with Crippen LogP contribution >= 0.6 is 11.6 Å². The third kappa shape index (κ3) is 2.90. The molecule has 1 aromatic rings. The molecule has 0 spiro atoms. The molecule has 0 N–H and O–H groups in total. The number of nitrogens with zero attached hydrogens (tertiary/aromatic N) is 3. The third-order valence-electron chi connectivity index (χ3n) is 2.07. The standard InChI is InChI=1S/C11H14ClN3/c1-7(2)11-14-8(3)4-10(15-11)9(5-12)6-13/h4,7,9H,5H2,1-3H3. The first-order chi connectivity index (χ1) is 7.08. The molecule has 0 aliphatic carbocycles. The summed E-state index contributed by atoms with van der Waals surface area (Å²) in [5.74, 6) is 0.962. The highest BCUT2D eigenvalue weighted by molar-refractivity contribution is 6.18. The molecule has 0 saturated carbocycles. The van der Waals surface area contributed by atoms with E-state index in [0.717, 1.165) is 17.2 Å². The number of rotatable bonds is 3. The molecule has 0 aliphatic rings. The van der Waals surface area contributed by atoms with Crippen LogP contribution < -0.4 is 0 Å². The molecule has 0 radical (unpaired) electrons. The summed E-state index contributed by atoms with van der Waals surface area (Å²) >= 11 is 5.70. The van der Waals surface area contributed by atoms with Crippen LogP contribution in [-0.2, 0) is 0 Å². The zero-order valence-corrected chi connectivity index (χ0v) is 9.91. The van der Waals surface area contributed by atoms with Gasteiger partial charge in [-0.05, 0) is 13.0 Å². The second kappa shape index (κ2) is 5.09. The number of hydrogen-bond donors (Lipinski definition) is 0. The Kier molecular flexibility index (Phi) is 4.05. The highest BCUT2D eigenvalue weighted by Crippen LogP contribution is 2.18. The predicted molar refractivity (Wildman–Crippen MR) is 59.9 cm³/mol. The quantitative estimate of drug-likeness (QED) is 0.741. The van der Waals surface area contributed by atoms with Crippen LogP contribution in [0.25, 0.3) is 0 Å². The van der Waals surface area contributed by atoms with Crippen LogP contribution in [0.1, 0.15) is 42.9 Å². The highest BCUT2D eigenvalue weighted by atomic mass is 35.5. The Morgan fingerprint density at radius 3 is 2.60 bits per heavy atom. The lowest BCUT2D eigenvalue weighted by molar-refractivity contribution is 0.741. The fourth-order valence-electron chi connectivity index (χ4n) is 1.23. The van der Waals surface area contributed by atoms with Crippen molar-refractivity contribution in [2.45, 2.75) is 32.6 Å². The van der Waals surface area contributed by atoms with Crippen molar-refractivity contribution in [3.8, 4) is 6.07 Å². The van der Waals surface area contributed by atoms with Crippen LogP contribution in [-0.4, -0.2) is 15.8 Å². The van der Waals surface area contributed by atoms with E-state index in [-0.39, 0.29) is 17.7 Å². The minimum Gasteiger partial charge on any atom is -0.238 e. The number of hydrogen-bond acceptors (Lipinski definition) is 3. The molecule has 80 valence electrons. The summed E-state index contributed by atoms with van der Waals surface area (Å²) in [4.78, 5) is 8.68. The van der Waals surface area contributed by atoms with E-state index in [4.69, 9.17) is 16.9 Å². The van der Waals surface area contributed by atoms with E-state index in [0.29, 0.717) is 0 Å². The summed E-state index contributed by atoms with van der Waals surface area (Å²) in [6.07, 6.45) is 0. The molecule has 3 nitrogen and oxygen atoms in total. The molecule has 0 saturated heterocycles. The van der Waals surface area contributed by atoms with E-state index in [1.807, 2.05) is 26.8 Å². The summed E-state index contributed by atoms with van der Waals surface area (Å²) < 4.78 is 0. The number of alkyl halides is 1. The molecular weight excluding hydrogens is 210 g/mol. The Morgan fingerprint density at radius 1 is 1.47 bits per heavy atom. The van der Waals surface area contributed by atoms with Crippen molar-refractivity contribution in [2.75, 3.05) is 5.88 Å². The van der Waals surface area contributed by atoms with E-state index in [9.17, 15) is 0 Å². The zero-order chi connectivity index (χ0) is 11.4. The van der Waals surface area contributed by atoms with Gasteiger partial charge in [-0.2, -0.15) is 5.26 Å². The highest BCUT2D eigenvalue weighted by Gasteiger charge is 2.14. The van der Waals surface area contributed by atoms with Gasteiger partial charge in [0, 0.05) is 17.5 Å². The number of halogens is 1. The molecule has 1 atom stereocenters. The Bertz CT molecular complexity index is 382. The Morgan fingerprint density at radius 2 is 2.13 bits per heavy atom. The Balaban J connectivity index is 3.14. The molecule has 15 heavy (non-hydrogen) atoms. The van der Waals surface area contributed by atoms with E-state index in [1.165, 1.54) is 0 Å². The average Bonchev–Trinajstić information content (AvgIpc) is 2.18. The van der Waals surface area contributed by atoms with Crippen LogP contribution in [0.15, 0.2) is 6.07 Å². The molecule has 1 aromatic heterocycles. The first kappa shape index (κ1) is 11.9. The maximum Gasteiger partial charge on any atom is 0.131 e. The van der Waals surface area contributed by atoms with Gasteiger partial charge in [-0.15, -0.1) is 11.6 Å². The van der Waals surface area contributed by atoms with Crippen LogP contribution in [0.3, 0.4) is 0 Å². The minimum atomic E-state index is -0.342. The predicted octanol–water partition coefficient (Wildman–Crippen LogP) is 2.75. The van der Waals surface area contributed by atoms with Crippen molar-refractivity contribution in [3.05, 3.63) is 23.3 Å². The van der Waals surface area contributed by atoms with Crippen molar-refractivity contribution in [1.29, 1.82) is 5.26 Å². The van der Waals surface area contributed by atoms with Crippen molar-refractivity contribution in [3.63, 3.8) is 0 Å². The average molecular weight is 224 g/mol. The maximum absolute atomic E-state index is 8.90. The van der Waals surface area contributed by atoms with Gasteiger partial charge in [-0.3, -0.25) is 0 Å². The van der Waals surface area contributed by atoms with E-state index >= 15 is 0 Å². The Hall–Kier alpha value is -1.14. The van der Waals surface area contributed by atoms with Gasteiger partial charge in [0.25, 0.3) is 0 Å². The second-order valence-electron chi connectivity index (χ2n) is 3.78. The normalized spacial score (nSPS) is 12.5. The van der Waals surface area contributed by atoms with E-state index < -0.39 is 0 Å². The SMILES string of the molecule is Cc1cc(C(C#N)CCl)nc(C(C)C)n1. The topological polar surface area (TPSA) is 49.6 Å². The van der Waals surface area contributed by atoms with Gasteiger partial charge in [-0.25, -0.2) is 9.97 Å². The molecule has 0 bridgehead atoms. The number of aryl methyl sites for hydroxylation is 1. The van der Waals surface area contributed by atoms with Crippen LogP contribution in [0.2, 0.25) is 0 Å². The Labute approximate surface area is 95.1 Å². The van der Waals surface area contributed by atoms with Crippen molar-refractivity contribution in [2.24, 2.45) is 0 Å².